The maximum absolute atomic E-state index is 13.3. The predicted molar refractivity (Wildman–Crippen MR) is 104 cm³/mol. The van der Waals surface area contributed by atoms with Crippen LogP contribution in [0.4, 0.5) is 4.39 Å². The number of benzene rings is 2. The molecule has 1 amide bonds. The Morgan fingerprint density at radius 1 is 1.11 bits per heavy atom. The molecule has 2 aromatic carbocycles. The summed E-state index contributed by atoms with van der Waals surface area (Å²) in [6.07, 6.45) is 1.02. The normalized spacial score (nSPS) is 10.8. The van der Waals surface area contributed by atoms with Gasteiger partial charge in [0.2, 0.25) is 11.7 Å². The molecule has 28 heavy (non-hydrogen) atoms. The maximum atomic E-state index is 13.3. The van der Waals surface area contributed by atoms with Crippen LogP contribution in [0.15, 0.2) is 46.9 Å². The van der Waals surface area contributed by atoms with Gasteiger partial charge < -0.3 is 14.5 Å². The molecule has 0 fully saturated rings. The number of esters is 1. The third kappa shape index (κ3) is 4.76. The van der Waals surface area contributed by atoms with Gasteiger partial charge >= 0.3 is 5.97 Å². The molecule has 0 unspecified atom stereocenters. The molecule has 6 heteroatoms. The molecule has 1 aromatic heterocycles. The molecule has 5 nitrogen and oxygen atoms in total. The summed E-state index contributed by atoms with van der Waals surface area (Å²) in [5.74, 6) is -1.09. The summed E-state index contributed by atoms with van der Waals surface area (Å²) >= 11 is 0. The first-order valence-corrected chi connectivity index (χ1v) is 9.12. The van der Waals surface area contributed by atoms with E-state index in [1.807, 2.05) is 31.2 Å². The van der Waals surface area contributed by atoms with Gasteiger partial charge in [0, 0.05) is 17.4 Å². The van der Waals surface area contributed by atoms with Crippen molar-refractivity contribution < 1.29 is 23.1 Å². The Morgan fingerprint density at radius 2 is 1.86 bits per heavy atom. The number of halogens is 1. The van der Waals surface area contributed by atoms with Crippen molar-refractivity contribution in [1.29, 1.82) is 0 Å². The van der Waals surface area contributed by atoms with E-state index in [0.29, 0.717) is 29.4 Å². The molecule has 146 valence electrons. The van der Waals surface area contributed by atoms with Crippen molar-refractivity contribution in [3.05, 3.63) is 70.7 Å². The van der Waals surface area contributed by atoms with Gasteiger partial charge in [-0.2, -0.15) is 0 Å². The minimum absolute atomic E-state index is 0.0277. The van der Waals surface area contributed by atoms with Gasteiger partial charge in [-0.25, -0.2) is 9.18 Å². The van der Waals surface area contributed by atoms with E-state index in [-0.39, 0.29) is 24.8 Å². The van der Waals surface area contributed by atoms with Crippen LogP contribution in [-0.4, -0.2) is 25.0 Å². The second kappa shape index (κ2) is 8.69. The summed E-state index contributed by atoms with van der Waals surface area (Å²) in [5, 5.41) is 3.26. The number of amides is 1. The van der Waals surface area contributed by atoms with E-state index in [1.54, 1.807) is 6.92 Å². The van der Waals surface area contributed by atoms with E-state index < -0.39 is 11.8 Å². The number of ether oxygens (including phenoxy) is 1. The monoisotopic (exact) mass is 383 g/mol. The zero-order valence-electron chi connectivity index (χ0n) is 15.9. The van der Waals surface area contributed by atoms with Crippen molar-refractivity contribution >= 4 is 22.8 Å². The largest absolute Gasteiger partial charge is 0.458 e. The molecule has 1 N–H and O–H groups in total. The predicted octanol–water partition coefficient (Wildman–Crippen LogP) is 4.09. The molecule has 0 aliphatic carbocycles. The number of carbonyl (C=O) groups is 2. The van der Waals surface area contributed by atoms with Crippen LogP contribution in [0.5, 0.6) is 0 Å². The number of furan rings is 1. The number of fused-ring (bicyclic) bond motifs is 1. The van der Waals surface area contributed by atoms with E-state index in [1.165, 1.54) is 23.8 Å². The van der Waals surface area contributed by atoms with Crippen molar-refractivity contribution in [1.82, 2.24) is 5.32 Å². The summed E-state index contributed by atoms with van der Waals surface area (Å²) in [5.41, 5.74) is 3.24. The average Bonchev–Trinajstić information content (AvgIpc) is 3.01. The lowest BCUT2D eigenvalue weighted by Gasteiger charge is -2.06. The topological polar surface area (TPSA) is 68.5 Å². The van der Waals surface area contributed by atoms with Gasteiger partial charge in [0.15, 0.2) is 0 Å². The summed E-state index contributed by atoms with van der Waals surface area (Å²) in [6, 6.07) is 12.1. The standard InChI is InChI=1S/C22H22FNO4/c1-14-3-5-16(6-4-14)7-10-20(25)24-11-12-27-22(26)21-15(2)18-13-17(23)8-9-19(18)28-21/h3-6,8-9,13H,7,10-12H2,1-2H3,(H,24,25). The van der Waals surface area contributed by atoms with Crippen molar-refractivity contribution in [2.45, 2.75) is 26.7 Å². The number of carbonyl (C=O) groups excluding carboxylic acids is 2. The highest BCUT2D eigenvalue weighted by atomic mass is 19.1. The molecule has 0 saturated carbocycles. The highest BCUT2D eigenvalue weighted by Crippen LogP contribution is 2.26. The zero-order chi connectivity index (χ0) is 20.1. The first kappa shape index (κ1) is 19.6. The first-order chi connectivity index (χ1) is 13.4. The lowest BCUT2D eigenvalue weighted by Crippen LogP contribution is -2.28. The maximum Gasteiger partial charge on any atom is 0.374 e. The van der Waals surface area contributed by atoms with Gasteiger partial charge in [0.1, 0.15) is 18.0 Å². The Hall–Kier alpha value is -3.15. The lowest BCUT2D eigenvalue weighted by molar-refractivity contribution is -0.121. The van der Waals surface area contributed by atoms with Crippen LogP contribution >= 0.6 is 0 Å². The fourth-order valence-corrected chi connectivity index (χ4v) is 2.89. The highest BCUT2D eigenvalue weighted by molar-refractivity contribution is 5.95. The quantitative estimate of drug-likeness (QED) is 0.493. The number of hydrogen-bond acceptors (Lipinski definition) is 4. The molecule has 0 radical (unpaired) electrons. The zero-order valence-corrected chi connectivity index (χ0v) is 15.9. The third-order valence-corrected chi connectivity index (χ3v) is 4.50. The van der Waals surface area contributed by atoms with Crippen molar-refractivity contribution in [2.24, 2.45) is 0 Å². The minimum Gasteiger partial charge on any atom is -0.458 e. The molecule has 0 atom stereocenters. The van der Waals surface area contributed by atoms with E-state index >= 15 is 0 Å². The minimum atomic E-state index is -0.636. The Morgan fingerprint density at radius 3 is 2.61 bits per heavy atom. The van der Waals surface area contributed by atoms with Gasteiger partial charge in [-0.15, -0.1) is 0 Å². The first-order valence-electron chi connectivity index (χ1n) is 9.12. The van der Waals surface area contributed by atoms with E-state index in [9.17, 15) is 14.0 Å². The van der Waals surface area contributed by atoms with Gasteiger partial charge in [-0.05, 0) is 44.0 Å². The van der Waals surface area contributed by atoms with Crippen LogP contribution in [-0.2, 0) is 16.0 Å². The summed E-state index contributed by atoms with van der Waals surface area (Å²) in [4.78, 5) is 24.1. The highest BCUT2D eigenvalue weighted by Gasteiger charge is 2.19. The Bertz CT molecular complexity index is 992. The van der Waals surface area contributed by atoms with E-state index in [2.05, 4.69) is 5.32 Å². The molecular weight excluding hydrogens is 361 g/mol. The lowest BCUT2D eigenvalue weighted by atomic mass is 10.1. The van der Waals surface area contributed by atoms with Crippen molar-refractivity contribution in [3.63, 3.8) is 0 Å². The van der Waals surface area contributed by atoms with Crippen LogP contribution in [0.25, 0.3) is 11.0 Å². The van der Waals surface area contributed by atoms with Gasteiger partial charge in [-0.3, -0.25) is 4.79 Å². The number of rotatable bonds is 7. The Kier molecular flexibility index (Phi) is 6.09. The molecule has 0 saturated heterocycles. The number of aryl methyl sites for hydroxylation is 3. The summed E-state index contributed by atoms with van der Waals surface area (Å²) in [7, 11) is 0. The SMILES string of the molecule is Cc1ccc(CCC(=O)NCCOC(=O)c2oc3ccc(F)cc3c2C)cc1. The third-order valence-electron chi connectivity index (χ3n) is 4.50. The molecular formula is C22H22FNO4. The van der Waals surface area contributed by atoms with E-state index in [0.717, 1.165) is 5.56 Å². The molecule has 1 heterocycles. The summed E-state index contributed by atoms with van der Waals surface area (Å²) in [6.45, 7) is 3.93. The second-order valence-electron chi connectivity index (χ2n) is 6.67. The molecule has 0 spiro atoms. The van der Waals surface area contributed by atoms with Crippen LogP contribution in [0, 0.1) is 19.7 Å². The van der Waals surface area contributed by atoms with Crippen LogP contribution in [0.1, 0.15) is 33.7 Å². The van der Waals surface area contributed by atoms with Crippen LogP contribution in [0.3, 0.4) is 0 Å². The van der Waals surface area contributed by atoms with Crippen LogP contribution in [0.2, 0.25) is 0 Å². The van der Waals surface area contributed by atoms with Crippen LogP contribution < -0.4 is 5.32 Å². The van der Waals surface area contributed by atoms with E-state index in [4.69, 9.17) is 9.15 Å². The molecule has 0 aliphatic heterocycles. The van der Waals surface area contributed by atoms with Gasteiger partial charge in [0.25, 0.3) is 0 Å². The smallest absolute Gasteiger partial charge is 0.374 e. The summed E-state index contributed by atoms with van der Waals surface area (Å²) < 4.78 is 24.0. The average molecular weight is 383 g/mol. The molecule has 3 aromatic rings. The number of hydrogen-bond donors (Lipinski definition) is 1. The van der Waals surface area contributed by atoms with Gasteiger partial charge in [-0.1, -0.05) is 29.8 Å². The van der Waals surface area contributed by atoms with Crippen molar-refractivity contribution in [3.8, 4) is 0 Å². The Labute approximate surface area is 162 Å². The van der Waals surface area contributed by atoms with Crippen molar-refractivity contribution in [2.75, 3.05) is 13.2 Å². The fraction of sp³-hybridized carbons (Fsp3) is 0.273. The fourth-order valence-electron chi connectivity index (χ4n) is 2.89. The molecule has 0 aliphatic rings. The molecule has 3 rings (SSSR count). The Balaban J connectivity index is 1.43. The molecule has 0 bridgehead atoms. The second-order valence-corrected chi connectivity index (χ2v) is 6.67. The number of nitrogens with one attached hydrogen (secondary N) is 1. The van der Waals surface area contributed by atoms with Gasteiger partial charge in [0.05, 0.1) is 6.54 Å².